The van der Waals surface area contributed by atoms with Gasteiger partial charge >= 0.3 is 0 Å². The van der Waals surface area contributed by atoms with Gasteiger partial charge in [-0.3, -0.25) is 0 Å². The maximum atomic E-state index is 5.90. The van der Waals surface area contributed by atoms with Crippen molar-refractivity contribution in [3.8, 4) is 5.75 Å². The molecule has 0 aliphatic heterocycles. The molecule has 1 fully saturated rings. The maximum Gasteiger partial charge on any atom is 0.119 e. The van der Waals surface area contributed by atoms with Crippen molar-refractivity contribution >= 4 is 0 Å². The lowest BCUT2D eigenvalue weighted by Crippen LogP contribution is -2.19. The predicted molar refractivity (Wildman–Crippen MR) is 58.4 cm³/mol. The second-order valence-corrected chi connectivity index (χ2v) is 4.03. The fraction of sp³-hybridized carbons (Fsp3) is 0.462. The zero-order valence-electron chi connectivity index (χ0n) is 8.54. The summed E-state index contributed by atoms with van der Waals surface area (Å²) in [6.07, 6.45) is 6.85. The van der Waals surface area contributed by atoms with Crippen molar-refractivity contribution in [2.45, 2.75) is 38.2 Å². The number of hydrogen-bond donors (Lipinski definition) is 0. The molecule has 1 saturated carbocycles. The minimum Gasteiger partial charge on any atom is -0.490 e. The summed E-state index contributed by atoms with van der Waals surface area (Å²) in [4.78, 5) is 0. The molecular formula is C13H17O. The molecule has 1 radical (unpaired) electrons. The van der Waals surface area contributed by atoms with E-state index in [1.807, 2.05) is 24.3 Å². The van der Waals surface area contributed by atoms with Crippen LogP contribution in [0.2, 0.25) is 0 Å². The summed E-state index contributed by atoms with van der Waals surface area (Å²) in [5.41, 5.74) is 1.03. The van der Waals surface area contributed by atoms with Crippen LogP contribution in [0.1, 0.15) is 37.7 Å². The first kappa shape index (κ1) is 9.57. The van der Waals surface area contributed by atoms with E-state index in [4.69, 9.17) is 4.74 Å². The van der Waals surface area contributed by atoms with Gasteiger partial charge in [-0.25, -0.2) is 0 Å². The Morgan fingerprint density at radius 3 is 2.64 bits per heavy atom. The molecule has 1 aliphatic rings. The Morgan fingerprint density at radius 2 is 1.93 bits per heavy atom. The topological polar surface area (TPSA) is 9.23 Å². The summed E-state index contributed by atoms with van der Waals surface area (Å²) in [7, 11) is 0. The van der Waals surface area contributed by atoms with Crippen molar-refractivity contribution in [3.05, 3.63) is 36.8 Å². The number of hydrogen-bond acceptors (Lipinski definition) is 1. The van der Waals surface area contributed by atoms with Crippen LogP contribution in [-0.4, -0.2) is 6.10 Å². The van der Waals surface area contributed by atoms with Crippen molar-refractivity contribution in [3.63, 3.8) is 0 Å². The van der Waals surface area contributed by atoms with E-state index in [1.54, 1.807) is 0 Å². The fourth-order valence-corrected chi connectivity index (χ4v) is 1.99. The molecule has 0 aromatic heterocycles. The van der Waals surface area contributed by atoms with Gasteiger partial charge in [-0.15, -0.1) is 0 Å². The number of benzene rings is 1. The van der Waals surface area contributed by atoms with Gasteiger partial charge < -0.3 is 4.74 Å². The zero-order valence-corrected chi connectivity index (χ0v) is 8.54. The summed E-state index contributed by atoms with van der Waals surface area (Å²) in [6.45, 7) is 3.89. The molecule has 0 heterocycles. The molecule has 1 aromatic carbocycles. The van der Waals surface area contributed by atoms with E-state index < -0.39 is 0 Å². The lowest BCUT2D eigenvalue weighted by Gasteiger charge is -2.23. The Hall–Kier alpha value is -0.980. The van der Waals surface area contributed by atoms with E-state index in [1.165, 1.54) is 32.1 Å². The molecule has 75 valence electrons. The van der Waals surface area contributed by atoms with Crippen LogP contribution in [0.25, 0.3) is 0 Å². The van der Waals surface area contributed by atoms with E-state index >= 15 is 0 Å². The normalized spacial score (nSPS) is 18.1. The van der Waals surface area contributed by atoms with Gasteiger partial charge in [0.1, 0.15) is 5.75 Å². The molecule has 0 atom stereocenters. The smallest absolute Gasteiger partial charge is 0.119 e. The molecule has 0 spiro atoms. The van der Waals surface area contributed by atoms with E-state index in [2.05, 4.69) is 6.92 Å². The Morgan fingerprint density at radius 1 is 1.14 bits per heavy atom. The summed E-state index contributed by atoms with van der Waals surface area (Å²) < 4.78 is 5.90. The average Bonchev–Trinajstić information content (AvgIpc) is 2.19. The standard InChI is InChI=1S/C13H17O/c1-11-6-5-9-13(10-11)14-12-7-3-2-4-8-12/h5-6,9-10,12H,1-4,7-8H2. The lowest BCUT2D eigenvalue weighted by molar-refractivity contribution is 0.155. The SMILES string of the molecule is [CH2]c1cccc(OC2CCCCC2)c1. The van der Waals surface area contributed by atoms with Crippen LogP contribution in [0.4, 0.5) is 0 Å². The van der Waals surface area contributed by atoms with Crippen molar-refractivity contribution in [2.24, 2.45) is 0 Å². The van der Waals surface area contributed by atoms with Crippen LogP contribution >= 0.6 is 0 Å². The summed E-state index contributed by atoms with van der Waals surface area (Å²) >= 11 is 0. The summed E-state index contributed by atoms with van der Waals surface area (Å²) in [6, 6.07) is 8.02. The fourth-order valence-electron chi connectivity index (χ4n) is 1.99. The second kappa shape index (κ2) is 4.50. The van der Waals surface area contributed by atoms with E-state index in [9.17, 15) is 0 Å². The van der Waals surface area contributed by atoms with Crippen LogP contribution in [0.5, 0.6) is 5.75 Å². The van der Waals surface area contributed by atoms with Crippen LogP contribution in [-0.2, 0) is 0 Å². The van der Waals surface area contributed by atoms with Gasteiger partial charge in [0.15, 0.2) is 0 Å². The monoisotopic (exact) mass is 189 g/mol. The Balaban J connectivity index is 1.95. The molecular weight excluding hydrogens is 172 g/mol. The van der Waals surface area contributed by atoms with Gasteiger partial charge in [0.25, 0.3) is 0 Å². The van der Waals surface area contributed by atoms with E-state index in [-0.39, 0.29) is 0 Å². The van der Waals surface area contributed by atoms with E-state index in [0.29, 0.717) is 6.10 Å². The second-order valence-electron chi connectivity index (χ2n) is 4.03. The van der Waals surface area contributed by atoms with Gasteiger partial charge in [0.05, 0.1) is 6.10 Å². The molecule has 1 nitrogen and oxygen atoms in total. The van der Waals surface area contributed by atoms with Crippen molar-refractivity contribution in [1.29, 1.82) is 0 Å². The van der Waals surface area contributed by atoms with Crippen molar-refractivity contribution < 1.29 is 4.74 Å². The van der Waals surface area contributed by atoms with Gasteiger partial charge in [-0.1, -0.05) is 18.6 Å². The minimum absolute atomic E-state index is 0.436. The lowest BCUT2D eigenvalue weighted by atomic mass is 9.98. The molecule has 0 N–H and O–H groups in total. The van der Waals surface area contributed by atoms with Crippen LogP contribution < -0.4 is 4.74 Å². The van der Waals surface area contributed by atoms with Gasteiger partial charge in [-0.2, -0.15) is 0 Å². The third-order valence-corrected chi connectivity index (χ3v) is 2.75. The van der Waals surface area contributed by atoms with Crippen LogP contribution in [0, 0.1) is 6.92 Å². The molecule has 0 unspecified atom stereocenters. The average molecular weight is 189 g/mol. The first-order chi connectivity index (χ1) is 6.84. The highest BCUT2D eigenvalue weighted by Crippen LogP contribution is 2.23. The molecule has 1 aromatic rings. The Kier molecular flexibility index (Phi) is 3.07. The molecule has 0 bridgehead atoms. The minimum atomic E-state index is 0.436. The van der Waals surface area contributed by atoms with Gasteiger partial charge in [0.2, 0.25) is 0 Å². The Bertz CT molecular complexity index is 287. The first-order valence-electron chi connectivity index (χ1n) is 5.43. The highest BCUT2D eigenvalue weighted by molar-refractivity contribution is 5.30. The quantitative estimate of drug-likeness (QED) is 0.691. The zero-order chi connectivity index (χ0) is 9.80. The summed E-state index contributed by atoms with van der Waals surface area (Å²) in [5, 5.41) is 0. The predicted octanol–water partition coefficient (Wildman–Crippen LogP) is 3.58. The highest BCUT2D eigenvalue weighted by atomic mass is 16.5. The van der Waals surface area contributed by atoms with Crippen LogP contribution in [0.3, 0.4) is 0 Å². The highest BCUT2D eigenvalue weighted by Gasteiger charge is 2.14. The van der Waals surface area contributed by atoms with Gasteiger partial charge in [-0.05, 0) is 50.3 Å². The van der Waals surface area contributed by atoms with Gasteiger partial charge in [0, 0.05) is 0 Å². The van der Waals surface area contributed by atoms with E-state index in [0.717, 1.165) is 11.3 Å². The largest absolute Gasteiger partial charge is 0.490 e. The molecule has 0 saturated heterocycles. The third-order valence-electron chi connectivity index (χ3n) is 2.75. The molecule has 14 heavy (non-hydrogen) atoms. The molecule has 1 aliphatic carbocycles. The first-order valence-corrected chi connectivity index (χ1v) is 5.43. The van der Waals surface area contributed by atoms with Crippen LogP contribution in [0.15, 0.2) is 24.3 Å². The number of rotatable bonds is 2. The molecule has 2 rings (SSSR count). The van der Waals surface area contributed by atoms with Crippen molar-refractivity contribution in [2.75, 3.05) is 0 Å². The Labute approximate surface area is 86.1 Å². The van der Waals surface area contributed by atoms with Crippen molar-refractivity contribution in [1.82, 2.24) is 0 Å². The third kappa shape index (κ3) is 2.50. The number of ether oxygens (including phenoxy) is 1. The maximum absolute atomic E-state index is 5.90. The summed E-state index contributed by atoms with van der Waals surface area (Å²) in [5.74, 6) is 0.976. The molecule has 1 heteroatoms. The molecule has 0 amide bonds.